The summed E-state index contributed by atoms with van der Waals surface area (Å²) in [5.41, 5.74) is 9.87. The number of rotatable bonds is 5. The molecule has 0 fully saturated rings. The Morgan fingerprint density at radius 1 is 1.05 bits per heavy atom. The van der Waals surface area contributed by atoms with Gasteiger partial charge in [-0.2, -0.15) is 0 Å². The van der Waals surface area contributed by atoms with Gasteiger partial charge in [0.15, 0.2) is 0 Å². The summed E-state index contributed by atoms with van der Waals surface area (Å²) >= 11 is 0. The highest BCUT2D eigenvalue weighted by Crippen LogP contribution is 2.23. The third-order valence-electron chi connectivity index (χ3n) is 3.61. The van der Waals surface area contributed by atoms with Gasteiger partial charge in [-0.1, -0.05) is 30.3 Å². The first-order chi connectivity index (χ1) is 10.5. The number of hydrogen-bond donors (Lipinski definition) is 1. The first-order valence-corrected chi connectivity index (χ1v) is 7.32. The average molecular weight is 297 g/mol. The van der Waals surface area contributed by atoms with Crippen molar-refractivity contribution >= 4 is 17.3 Å². The van der Waals surface area contributed by atoms with Gasteiger partial charge in [-0.05, 0) is 29.3 Å². The Morgan fingerprint density at radius 3 is 2.32 bits per heavy atom. The fourth-order valence-electron chi connectivity index (χ4n) is 2.46. The second kappa shape index (κ2) is 6.98. The van der Waals surface area contributed by atoms with E-state index >= 15 is 0 Å². The third kappa shape index (κ3) is 4.01. The maximum Gasteiger partial charge on any atom is 0.220 e. The molecule has 0 heterocycles. The number of amides is 1. The highest BCUT2D eigenvalue weighted by molar-refractivity contribution is 5.73. The maximum absolute atomic E-state index is 12.0. The van der Waals surface area contributed by atoms with Gasteiger partial charge in [0.1, 0.15) is 0 Å². The maximum atomic E-state index is 12.0. The molecule has 0 atom stereocenters. The second-order valence-electron chi connectivity index (χ2n) is 5.64. The molecule has 22 heavy (non-hydrogen) atoms. The number of carbonyl (C=O) groups is 1. The van der Waals surface area contributed by atoms with Gasteiger partial charge >= 0.3 is 0 Å². The topological polar surface area (TPSA) is 49.6 Å². The average Bonchev–Trinajstić information content (AvgIpc) is 2.47. The normalized spacial score (nSPS) is 10.3. The van der Waals surface area contributed by atoms with Crippen molar-refractivity contribution < 1.29 is 4.79 Å². The van der Waals surface area contributed by atoms with E-state index in [4.69, 9.17) is 5.73 Å². The van der Waals surface area contributed by atoms with Crippen molar-refractivity contribution in [3.8, 4) is 0 Å². The molecule has 0 unspecified atom stereocenters. The van der Waals surface area contributed by atoms with E-state index in [2.05, 4.69) is 0 Å². The Morgan fingerprint density at radius 2 is 1.73 bits per heavy atom. The van der Waals surface area contributed by atoms with E-state index in [0.29, 0.717) is 18.8 Å². The molecule has 0 bridgehead atoms. The molecule has 0 aliphatic rings. The number of carbonyl (C=O) groups excluding carboxylic acids is 1. The molecule has 2 rings (SSSR count). The number of nitrogens with zero attached hydrogens (tertiary/aromatic N) is 2. The highest BCUT2D eigenvalue weighted by atomic mass is 16.2. The van der Waals surface area contributed by atoms with E-state index in [1.54, 1.807) is 6.92 Å². The molecular weight excluding hydrogens is 274 g/mol. The van der Waals surface area contributed by atoms with Crippen LogP contribution in [0, 0.1) is 0 Å². The standard InChI is InChI=1S/C18H23N3O/c1-14(22)21(12-15-7-5-4-6-8-15)13-16-11-17(19)9-10-18(16)20(2)3/h4-11H,12-13,19H2,1-3H3. The van der Waals surface area contributed by atoms with Gasteiger partial charge in [0.2, 0.25) is 5.91 Å². The zero-order chi connectivity index (χ0) is 16.1. The van der Waals surface area contributed by atoms with Gasteiger partial charge < -0.3 is 15.5 Å². The molecule has 0 saturated heterocycles. The number of hydrogen-bond acceptors (Lipinski definition) is 3. The predicted octanol–water partition coefficient (Wildman–Crippen LogP) is 2.88. The van der Waals surface area contributed by atoms with Crippen LogP contribution in [0.4, 0.5) is 11.4 Å². The lowest BCUT2D eigenvalue weighted by molar-refractivity contribution is -0.130. The van der Waals surface area contributed by atoms with Gasteiger partial charge in [0, 0.05) is 45.5 Å². The van der Waals surface area contributed by atoms with Crippen LogP contribution in [0.25, 0.3) is 0 Å². The van der Waals surface area contributed by atoms with Crippen LogP contribution in [0.3, 0.4) is 0 Å². The van der Waals surface area contributed by atoms with Crippen LogP contribution in [0.2, 0.25) is 0 Å². The second-order valence-corrected chi connectivity index (χ2v) is 5.64. The summed E-state index contributed by atoms with van der Waals surface area (Å²) < 4.78 is 0. The van der Waals surface area contributed by atoms with Gasteiger partial charge in [-0.15, -0.1) is 0 Å². The van der Waals surface area contributed by atoms with Crippen molar-refractivity contribution in [2.45, 2.75) is 20.0 Å². The van der Waals surface area contributed by atoms with Gasteiger partial charge in [0.25, 0.3) is 0 Å². The molecule has 2 N–H and O–H groups in total. The number of nitrogen functional groups attached to an aromatic ring is 1. The molecule has 0 radical (unpaired) electrons. The Labute approximate surface area is 132 Å². The Kier molecular flexibility index (Phi) is 5.04. The van der Waals surface area contributed by atoms with E-state index in [-0.39, 0.29) is 5.91 Å². The third-order valence-corrected chi connectivity index (χ3v) is 3.61. The largest absolute Gasteiger partial charge is 0.399 e. The van der Waals surface area contributed by atoms with Crippen molar-refractivity contribution in [2.24, 2.45) is 0 Å². The van der Waals surface area contributed by atoms with Crippen LogP contribution >= 0.6 is 0 Å². The van der Waals surface area contributed by atoms with E-state index in [1.165, 1.54) is 0 Å². The number of nitrogens with two attached hydrogens (primary N) is 1. The summed E-state index contributed by atoms with van der Waals surface area (Å²) in [6.45, 7) is 2.74. The monoisotopic (exact) mass is 297 g/mol. The molecule has 0 spiro atoms. The van der Waals surface area contributed by atoms with Crippen molar-refractivity contribution in [3.63, 3.8) is 0 Å². The van der Waals surface area contributed by atoms with Crippen molar-refractivity contribution in [2.75, 3.05) is 24.7 Å². The van der Waals surface area contributed by atoms with Crippen LogP contribution in [-0.4, -0.2) is 24.9 Å². The lowest BCUT2D eigenvalue weighted by atomic mass is 10.1. The minimum Gasteiger partial charge on any atom is -0.399 e. The summed E-state index contributed by atoms with van der Waals surface area (Å²) in [5.74, 6) is 0.0518. The summed E-state index contributed by atoms with van der Waals surface area (Å²) in [6, 6.07) is 15.8. The van der Waals surface area contributed by atoms with E-state index in [9.17, 15) is 4.79 Å². The smallest absolute Gasteiger partial charge is 0.220 e. The van der Waals surface area contributed by atoms with Gasteiger partial charge in [0.05, 0.1) is 0 Å². The zero-order valence-corrected chi connectivity index (χ0v) is 13.4. The number of anilines is 2. The fourth-order valence-corrected chi connectivity index (χ4v) is 2.46. The van der Waals surface area contributed by atoms with Gasteiger partial charge in [-0.25, -0.2) is 0 Å². The number of benzene rings is 2. The predicted molar refractivity (Wildman–Crippen MR) is 91.6 cm³/mol. The van der Waals surface area contributed by atoms with Crippen LogP contribution < -0.4 is 10.6 Å². The molecular formula is C18H23N3O. The Hall–Kier alpha value is -2.49. The SMILES string of the molecule is CC(=O)N(Cc1ccccc1)Cc1cc(N)ccc1N(C)C. The molecule has 0 aliphatic carbocycles. The molecule has 0 aromatic heterocycles. The van der Waals surface area contributed by atoms with Crippen LogP contribution in [-0.2, 0) is 17.9 Å². The lowest BCUT2D eigenvalue weighted by Crippen LogP contribution is -2.28. The molecule has 2 aromatic carbocycles. The molecule has 4 nitrogen and oxygen atoms in total. The minimum atomic E-state index is 0.0518. The van der Waals surface area contributed by atoms with Gasteiger partial charge in [-0.3, -0.25) is 4.79 Å². The van der Waals surface area contributed by atoms with Crippen molar-refractivity contribution in [1.82, 2.24) is 4.90 Å². The molecule has 2 aromatic rings. The molecule has 116 valence electrons. The summed E-state index contributed by atoms with van der Waals surface area (Å²) in [5, 5.41) is 0. The first kappa shape index (κ1) is 15.9. The Balaban J connectivity index is 2.25. The summed E-state index contributed by atoms with van der Waals surface area (Å²) in [6.07, 6.45) is 0. The van der Waals surface area contributed by atoms with Crippen LogP contribution in [0.15, 0.2) is 48.5 Å². The van der Waals surface area contributed by atoms with Crippen LogP contribution in [0.1, 0.15) is 18.1 Å². The lowest BCUT2D eigenvalue weighted by Gasteiger charge is -2.25. The van der Waals surface area contributed by atoms with Crippen molar-refractivity contribution in [3.05, 3.63) is 59.7 Å². The molecule has 4 heteroatoms. The Bertz CT molecular complexity index is 638. The zero-order valence-electron chi connectivity index (χ0n) is 13.4. The van der Waals surface area contributed by atoms with E-state index in [0.717, 1.165) is 16.8 Å². The quantitative estimate of drug-likeness (QED) is 0.863. The highest BCUT2D eigenvalue weighted by Gasteiger charge is 2.14. The van der Waals surface area contributed by atoms with Crippen LogP contribution in [0.5, 0.6) is 0 Å². The molecule has 0 saturated carbocycles. The van der Waals surface area contributed by atoms with E-state index in [1.807, 2.05) is 72.4 Å². The molecule has 1 amide bonds. The molecule has 0 aliphatic heterocycles. The minimum absolute atomic E-state index is 0.0518. The summed E-state index contributed by atoms with van der Waals surface area (Å²) in [4.78, 5) is 15.9. The summed E-state index contributed by atoms with van der Waals surface area (Å²) in [7, 11) is 3.98. The first-order valence-electron chi connectivity index (χ1n) is 7.32. The fraction of sp³-hybridized carbons (Fsp3) is 0.278. The van der Waals surface area contributed by atoms with E-state index < -0.39 is 0 Å². The van der Waals surface area contributed by atoms with Crippen molar-refractivity contribution in [1.29, 1.82) is 0 Å².